The quantitative estimate of drug-likeness (QED) is 0.913. The van der Waals surface area contributed by atoms with Gasteiger partial charge in [0.05, 0.1) is 13.2 Å². The van der Waals surface area contributed by atoms with Crippen molar-refractivity contribution in [2.45, 2.75) is 13.0 Å². The molecule has 7 nitrogen and oxygen atoms in total. The molecule has 2 heterocycles. The Morgan fingerprint density at radius 1 is 1.23 bits per heavy atom. The number of carbonyl (C=O) groups is 2. The van der Waals surface area contributed by atoms with Crippen molar-refractivity contribution >= 4 is 17.6 Å². The lowest BCUT2D eigenvalue weighted by Crippen LogP contribution is -2.55. The van der Waals surface area contributed by atoms with Crippen LogP contribution in [0.5, 0.6) is 5.75 Å². The second-order valence-corrected chi connectivity index (χ2v) is 6.12. The predicted molar refractivity (Wildman–Crippen MR) is 98.1 cm³/mol. The fourth-order valence-corrected chi connectivity index (χ4v) is 2.91. The molecule has 1 atom stereocenters. The number of urea groups is 1. The van der Waals surface area contributed by atoms with Gasteiger partial charge in [-0.3, -0.25) is 9.78 Å². The van der Waals surface area contributed by atoms with E-state index in [4.69, 9.17) is 4.74 Å². The van der Waals surface area contributed by atoms with Gasteiger partial charge < -0.3 is 19.9 Å². The topological polar surface area (TPSA) is 74.8 Å². The molecular weight excluding hydrogens is 332 g/mol. The highest BCUT2D eigenvalue weighted by Crippen LogP contribution is 2.20. The van der Waals surface area contributed by atoms with Crippen molar-refractivity contribution in [2.24, 2.45) is 0 Å². The molecule has 26 heavy (non-hydrogen) atoms. The standard InChI is InChI=1S/C19H22N4O3/c1-14(15-4-3-5-17(12-15)26-2)21-19(25)22-10-11-23(18(24)13-22)16-6-8-20-9-7-16/h3-9,12,14H,10-11,13H2,1-2H3,(H,21,25)/t14-/m1/s1. The van der Waals surface area contributed by atoms with E-state index in [1.165, 1.54) is 4.90 Å². The first-order chi connectivity index (χ1) is 12.6. The summed E-state index contributed by atoms with van der Waals surface area (Å²) in [5.41, 5.74) is 1.74. The fourth-order valence-electron chi connectivity index (χ4n) is 2.91. The Bertz CT molecular complexity index is 781. The Labute approximate surface area is 152 Å². The first kappa shape index (κ1) is 17.7. The van der Waals surface area contributed by atoms with Crippen LogP contribution < -0.4 is 15.0 Å². The lowest BCUT2D eigenvalue weighted by Gasteiger charge is -2.34. The van der Waals surface area contributed by atoms with Crippen LogP contribution in [0.3, 0.4) is 0 Å². The van der Waals surface area contributed by atoms with Crippen molar-refractivity contribution < 1.29 is 14.3 Å². The number of piperazine rings is 1. The van der Waals surface area contributed by atoms with E-state index in [2.05, 4.69) is 10.3 Å². The molecule has 0 radical (unpaired) electrons. The zero-order chi connectivity index (χ0) is 18.5. The van der Waals surface area contributed by atoms with E-state index in [1.807, 2.05) is 31.2 Å². The van der Waals surface area contributed by atoms with Gasteiger partial charge in [0.15, 0.2) is 0 Å². The molecule has 0 aliphatic carbocycles. The highest BCUT2D eigenvalue weighted by Gasteiger charge is 2.28. The smallest absolute Gasteiger partial charge is 0.318 e. The zero-order valence-corrected chi connectivity index (χ0v) is 14.9. The normalized spacial score (nSPS) is 15.5. The zero-order valence-electron chi connectivity index (χ0n) is 14.9. The first-order valence-corrected chi connectivity index (χ1v) is 8.48. The van der Waals surface area contributed by atoms with Crippen LogP contribution in [0.15, 0.2) is 48.8 Å². The average molecular weight is 354 g/mol. The molecule has 1 fully saturated rings. The molecule has 1 N–H and O–H groups in total. The second-order valence-electron chi connectivity index (χ2n) is 6.12. The summed E-state index contributed by atoms with van der Waals surface area (Å²) < 4.78 is 5.22. The van der Waals surface area contributed by atoms with Crippen molar-refractivity contribution in [3.8, 4) is 5.75 Å². The van der Waals surface area contributed by atoms with Gasteiger partial charge in [-0.1, -0.05) is 12.1 Å². The van der Waals surface area contributed by atoms with Gasteiger partial charge >= 0.3 is 6.03 Å². The minimum atomic E-state index is -0.247. The number of aromatic nitrogens is 1. The summed E-state index contributed by atoms with van der Waals surface area (Å²) in [7, 11) is 1.61. The van der Waals surface area contributed by atoms with E-state index < -0.39 is 0 Å². The summed E-state index contributed by atoms with van der Waals surface area (Å²) >= 11 is 0. The molecule has 2 aromatic rings. The molecule has 3 rings (SSSR count). The third-order valence-electron chi connectivity index (χ3n) is 4.42. The summed E-state index contributed by atoms with van der Waals surface area (Å²) in [6.45, 7) is 2.90. The van der Waals surface area contributed by atoms with Crippen LogP contribution in [0.1, 0.15) is 18.5 Å². The summed E-state index contributed by atoms with van der Waals surface area (Å²) in [5, 5.41) is 2.94. The minimum absolute atomic E-state index is 0.0546. The van der Waals surface area contributed by atoms with E-state index in [1.54, 1.807) is 36.5 Å². The summed E-state index contributed by atoms with van der Waals surface area (Å²) in [4.78, 5) is 32.1. The molecule has 0 saturated carbocycles. The van der Waals surface area contributed by atoms with E-state index >= 15 is 0 Å². The predicted octanol–water partition coefficient (Wildman–Crippen LogP) is 2.21. The molecule has 0 unspecified atom stereocenters. The maximum atomic E-state index is 12.5. The van der Waals surface area contributed by atoms with E-state index in [0.29, 0.717) is 13.1 Å². The SMILES string of the molecule is COc1cccc([C@@H](C)NC(=O)N2CCN(c3ccncc3)C(=O)C2)c1. The number of ether oxygens (including phenoxy) is 1. The van der Waals surface area contributed by atoms with Gasteiger partial charge in [-0.05, 0) is 36.8 Å². The second kappa shape index (κ2) is 7.86. The number of rotatable bonds is 4. The Hall–Kier alpha value is -3.09. The van der Waals surface area contributed by atoms with Crippen LogP contribution in [0, 0.1) is 0 Å². The Morgan fingerprint density at radius 2 is 2.00 bits per heavy atom. The van der Waals surface area contributed by atoms with E-state index in [-0.39, 0.29) is 24.5 Å². The Morgan fingerprint density at radius 3 is 2.69 bits per heavy atom. The summed E-state index contributed by atoms with van der Waals surface area (Å²) in [5.74, 6) is 0.636. The number of hydrogen-bond acceptors (Lipinski definition) is 4. The molecule has 1 saturated heterocycles. The van der Waals surface area contributed by atoms with Gasteiger partial charge in [0.2, 0.25) is 5.91 Å². The van der Waals surface area contributed by atoms with Crippen LogP contribution in [0.25, 0.3) is 0 Å². The van der Waals surface area contributed by atoms with Crippen LogP contribution in [0.2, 0.25) is 0 Å². The van der Waals surface area contributed by atoms with Crippen molar-refractivity contribution in [1.82, 2.24) is 15.2 Å². The number of methoxy groups -OCH3 is 1. The van der Waals surface area contributed by atoms with Crippen molar-refractivity contribution in [3.05, 3.63) is 54.4 Å². The van der Waals surface area contributed by atoms with Crippen LogP contribution in [-0.4, -0.2) is 48.6 Å². The van der Waals surface area contributed by atoms with E-state index in [9.17, 15) is 9.59 Å². The van der Waals surface area contributed by atoms with Gasteiger partial charge in [-0.2, -0.15) is 0 Å². The number of benzene rings is 1. The highest BCUT2D eigenvalue weighted by atomic mass is 16.5. The maximum Gasteiger partial charge on any atom is 0.318 e. The van der Waals surface area contributed by atoms with Crippen LogP contribution >= 0.6 is 0 Å². The largest absolute Gasteiger partial charge is 0.497 e. The lowest BCUT2D eigenvalue weighted by molar-refractivity contribution is -0.120. The number of amides is 3. The molecule has 136 valence electrons. The molecule has 0 spiro atoms. The number of anilines is 1. The molecule has 7 heteroatoms. The van der Waals surface area contributed by atoms with Crippen LogP contribution in [0.4, 0.5) is 10.5 Å². The van der Waals surface area contributed by atoms with Gasteiger partial charge in [0.25, 0.3) is 0 Å². The molecule has 0 bridgehead atoms. The third-order valence-corrected chi connectivity index (χ3v) is 4.42. The number of nitrogens with one attached hydrogen (secondary N) is 1. The van der Waals surface area contributed by atoms with Gasteiger partial charge in [-0.15, -0.1) is 0 Å². The number of pyridine rings is 1. The molecule has 3 amide bonds. The van der Waals surface area contributed by atoms with E-state index in [0.717, 1.165) is 17.0 Å². The van der Waals surface area contributed by atoms with Gasteiger partial charge in [-0.25, -0.2) is 4.79 Å². The highest BCUT2D eigenvalue weighted by molar-refractivity contribution is 5.97. The molecular formula is C19H22N4O3. The number of hydrogen-bond donors (Lipinski definition) is 1. The van der Waals surface area contributed by atoms with Gasteiger partial charge in [0.1, 0.15) is 12.3 Å². The molecule has 1 aromatic heterocycles. The lowest BCUT2D eigenvalue weighted by atomic mass is 10.1. The average Bonchev–Trinajstić information content (AvgIpc) is 2.68. The third kappa shape index (κ3) is 3.93. The van der Waals surface area contributed by atoms with Crippen molar-refractivity contribution in [3.63, 3.8) is 0 Å². The summed E-state index contributed by atoms with van der Waals surface area (Å²) in [6, 6.07) is 10.7. The Kier molecular flexibility index (Phi) is 5.36. The van der Waals surface area contributed by atoms with Crippen molar-refractivity contribution in [1.29, 1.82) is 0 Å². The number of nitrogens with zero attached hydrogens (tertiary/aromatic N) is 3. The maximum absolute atomic E-state index is 12.5. The fraction of sp³-hybridized carbons (Fsp3) is 0.316. The summed E-state index contributed by atoms with van der Waals surface area (Å²) in [6.07, 6.45) is 3.30. The van der Waals surface area contributed by atoms with Crippen molar-refractivity contribution in [2.75, 3.05) is 31.6 Å². The minimum Gasteiger partial charge on any atom is -0.497 e. The first-order valence-electron chi connectivity index (χ1n) is 8.48. The molecule has 1 aliphatic heterocycles. The monoisotopic (exact) mass is 354 g/mol. The van der Waals surface area contributed by atoms with Crippen LogP contribution in [-0.2, 0) is 4.79 Å². The molecule has 1 aliphatic rings. The number of carbonyl (C=O) groups excluding carboxylic acids is 2. The molecule has 1 aromatic carbocycles. The Balaban J connectivity index is 1.60. The van der Waals surface area contributed by atoms with Gasteiger partial charge in [0, 0.05) is 31.2 Å².